The number of rotatable bonds is 9. The average Bonchev–Trinajstić information content (AvgIpc) is 2.43. The van der Waals surface area contributed by atoms with Gasteiger partial charge in [-0.3, -0.25) is 4.79 Å². The molecule has 1 aromatic carbocycles. The van der Waals surface area contributed by atoms with E-state index >= 15 is 0 Å². The number of aliphatic carboxylic acids is 1. The SMILES string of the molecule is CCCCSC[C@H](NC(=O)Cc1ccccc1)C(=O)O. The summed E-state index contributed by atoms with van der Waals surface area (Å²) in [7, 11) is 0. The highest BCUT2D eigenvalue weighted by molar-refractivity contribution is 7.99. The van der Waals surface area contributed by atoms with Crippen LogP contribution in [0.5, 0.6) is 0 Å². The van der Waals surface area contributed by atoms with E-state index in [9.17, 15) is 9.59 Å². The highest BCUT2D eigenvalue weighted by Crippen LogP contribution is 2.07. The second kappa shape index (κ2) is 9.42. The first-order chi connectivity index (χ1) is 9.63. The lowest BCUT2D eigenvalue weighted by molar-refractivity contribution is -0.141. The molecule has 0 unspecified atom stereocenters. The largest absolute Gasteiger partial charge is 0.480 e. The lowest BCUT2D eigenvalue weighted by atomic mass is 10.1. The Hall–Kier alpha value is -1.49. The van der Waals surface area contributed by atoms with E-state index < -0.39 is 12.0 Å². The molecule has 0 aliphatic rings. The molecular weight excluding hydrogens is 274 g/mol. The zero-order valence-corrected chi connectivity index (χ0v) is 12.5. The molecule has 4 nitrogen and oxygen atoms in total. The molecule has 0 saturated carbocycles. The van der Waals surface area contributed by atoms with Gasteiger partial charge in [-0.1, -0.05) is 43.7 Å². The van der Waals surface area contributed by atoms with Gasteiger partial charge in [0.2, 0.25) is 5.91 Å². The lowest BCUT2D eigenvalue weighted by Gasteiger charge is -2.14. The van der Waals surface area contributed by atoms with Crippen molar-refractivity contribution < 1.29 is 14.7 Å². The molecule has 1 aromatic rings. The second-order valence-electron chi connectivity index (χ2n) is 4.55. The minimum atomic E-state index is -0.976. The number of thioether (sulfide) groups is 1. The molecule has 20 heavy (non-hydrogen) atoms. The number of benzene rings is 1. The number of hydrogen-bond acceptors (Lipinski definition) is 3. The Kier molecular flexibility index (Phi) is 7.80. The van der Waals surface area contributed by atoms with Gasteiger partial charge in [0.15, 0.2) is 0 Å². The van der Waals surface area contributed by atoms with Crippen molar-refractivity contribution in [2.75, 3.05) is 11.5 Å². The third kappa shape index (κ3) is 6.61. The Morgan fingerprint density at radius 2 is 2.00 bits per heavy atom. The predicted molar refractivity (Wildman–Crippen MR) is 81.9 cm³/mol. The molecule has 1 atom stereocenters. The van der Waals surface area contributed by atoms with Crippen molar-refractivity contribution in [3.63, 3.8) is 0 Å². The van der Waals surface area contributed by atoms with Crippen LogP contribution in [0.2, 0.25) is 0 Å². The molecule has 0 aliphatic heterocycles. The maximum Gasteiger partial charge on any atom is 0.327 e. The molecule has 0 aromatic heterocycles. The number of carbonyl (C=O) groups excluding carboxylic acids is 1. The van der Waals surface area contributed by atoms with Crippen LogP contribution in [-0.2, 0) is 16.0 Å². The Morgan fingerprint density at radius 3 is 2.60 bits per heavy atom. The van der Waals surface area contributed by atoms with Crippen molar-refractivity contribution in [1.29, 1.82) is 0 Å². The van der Waals surface area contributed by atoms with Crippen LogP contribution in [0.15, 0.2) is 30.3 Å². The minimum Gasteiger partial charge on any atom is -0.480 e. The van der Waals surface area contributed by atoms with Crippen molar-refractivity contribution in [3.8, 4) is 0 Å². The van der Waals surface area contributed by atoms with Crippen LogP contribution in [0, 0.1) is 0 Å². The maximum atomic E-state index is 11.8. The first kappa shape index (κ1) is 16.6. The van der Waals surface area contributed by atoms with Gasteiger partial charge in [0.25, 0.3) is 0 Å². The van der Waals surface area contributed by atoms with Gasteiger partial charge in [-0.05, 0) is 17.7 Å². The summed E-state index contributed by atoms with van der Waals surface area (Å²) in [5, 5.41) is 11.7. The van der Waals surface area contributed by atoms with Gasteiger partial charge in [-0.2, -0.15) is 11.8 Å². The number of amides is 1. The number of carboxylic acids is 1. The third-order valence-corrected chi connectivity index (χ3v) is 3.91. The van der Waals surface area contributed by atoms with Crippen molar-refractivity contribution in [2.45, 2.75) is 32.2 Å². The Bertz CT molecular complexity index is 422. The van der Waals surface area contributed by atoms with Crippen LogP contribution >= 0.6 is 11.8 Å². The summed E-state index contributed by atoms with van der Waals surface area (Å²) in [4.78, 5) is 23.0. The van der Waals surface area contributed by atoms with E-state index in [1.165, 1.54) is 0 Å². The Balaban J connectivity index is 2.40. The standard InChI is InChI=1S/C15H21NO3S/c1-2-3-9-20-11-13(15(18)19)16-14(17)10-12-7-5-4-6-8-12/h4-8,13H,2-3,9-11H2,1H3,(H,16,17)(H,18,19)/t13-/m0/s1. The number of carboxylic acid groups (broad SMARTS) is 1. The van der Waals surface area contributed by atoms with Gasteiger partial charge in [-0.25, -0.2) is 4.79 Å². The van der Waals surface area contributed by atoms with Gasteiger partial charge >= 0.3 is 5.97 Å². The van der Waals surface area contributed by atoms with Crippen molar-refractivity contribution in [2.24, 2.45) is 0 Å². The third-order valence-electron chi connectivity index (χ3n) is 2.77. The minimum absolute atomic E-state index is 0.213. The molecule has 2 N–H and O–H groups in total. The summed E-state index contributed by atoms with van der Waals surface area (Å²) in [5.41, 5.74) is 0.882. The number of hydrogen-bond donors (Lipinski definition) is 2. The van der Waals surface area contributed by atoms with E-state index in [4.69, 9.17) is 5.11 Å². The Morgan fingerprint density at radius 1 is 1.30 bits per heavy atom. The van der Waals surface area contributed by atoms with E-state index in [2.05, 4.69) is 12.2 Å². The number of carbonyl (C=O) groups is 2. The van der Waals surface area contributed by atoms with Crippen LogP contribution < -0.4 is 5.32 Å². The predicted octanol–water partition coefficient (Wildman–Crippen LogP) is 2.33. The molecule has 5 heteroatoms. The van der Waals surface area contributed by atoms with Crippen LogP contribution in [0.1, 0.15) is 25.3 Å². The molecule has 0 saturated heterocycles. The molecular formula is C15H21NO3S. The fourth-order valence-corrected chi connectivity index (χ4v) is 2.77. The molecule has 0 radical (unpaired) electrons. The normalized spacial score (nSPS) is 11.8. The first-order valence-corrected chi connectivity index (χ1v) is 7.92. The smallest absolute Gasteiger partial charge is 0.327 e. The Labute approximate surface area is 124 Å². The van der Waals surface area contributed by atoms with Crippen molar-refractivity contribution in [1.82, 2.24) is 5.32 Å². The topological polar surface area (TPSA) is 66.4 Å². The first-order valence-electron chi connectivity index (χ1n) is 6.77. The van der Waals surface area contributed by atoms with E-state index in [0.29, 0.717) is 5.75 Å². The van der Waals surface area contributed by atoms with Gasteiger partial charge < -0.3 is 10.4 Å². The average molecular weight is 295 g/mol. The molecule has 0 fully saturated rings. The molecule has 1 rings (SSSR count). The summed E-state index contributed by atoms with van der Waals surface area (Å²) in [5.74, 6) is 0.111. The van der Waals surface area contributed by atoms with Crippen LogP contribution in [0.25, 0.3) is 0 Å². The van der Waals surface area contributed by atoms with Gasteiger partial charge in [0.1, 0.15) is 6.04 Å². The summed E-state index contributed by atoms with van der Waals surface area (Å²) in [6, 6.07) is 8.49. The molecule has 1 amide bonds. The zero-order chi connectivity index (χ0) is 14.8. The van der Waals surface area contributed by atoms with E-state index in [1.807, 2.05) is 30.3 Å². The highest BCUT2D eigenvalue weighted by Gasteiger charge is 2.19. The lowest BCUT2D eigenvalue weighted by Crippen LogP contribution is -2.43. The van der Waals surface area contributed by atoms with Gasteiger partial charge in [0.05, 0.1) is 6.42 Å². The van der Waals surface area contributed by atoms with Gasteiger partial charge in [-0.15, -0.1) is 0 Å². The summed E-state index contributed by atoms with van der Waals surface area (Å²) in [6.07, 6.45) is 2.37. The molecule has 110 valence electrons. The monoisotopic (exact) mass is 295 g/mol. The van der Waals surface area contributed by atoms with Crippen LogP contribution in [0.3, 0.4) is 0 Å². The van der Waals surface area contributed by atoms with Gasteiger partial charge in [0, 0.05) is 5.75 Å². The molecule has 0 heterocycles. The fourth-order valence-electron chi connectivity index (χ4n) is 1.65. The zero-order valence-electron chi connectivity index (χ0n) is 11.7. The summed E-state index contributed by atoms with van der Waals surface area (Å²) >= 11 is 1.57. The van der Waals surface area contributed by atoms with Crippen LogP contribution in [-0.4, -0.2) is 34.5 Å². The highest BCUT2D eigenvalue weighted by atomic mass is 32.2. The van der Waals surface area contributed by atoms with E-state index in [-0.39, 0.29) is 12.3 Å². The number of unbranched alkanes of at least 4 members (excludes halogenated alkanes) is 1. The van der Waals surface area contributed by atoms with E-state index in [1.54, 1.807) is 11.8 Å². The maximum absolute atomic E-state index is 11.8. The number of nitrogens with one attached hydrogen (secondary N) is 1. The fraction of sp³-hybridized carbons (Fsp3) is 0.467. The molecule has 0 bridgehead atoms. The molecule has 0 spiro atoms. The molecule has 0 aliphatic carbocycles. The summed E-state index contributed by atoms with van der Waals surface area (Å²) < 4.78 is 0. The quantitative estimate of drug-likeness (QED) is 0.686. The van der Waals surface area contributed by atoms with Crippen LogP contribution in [0.4, 0.5) is 0 Å². The van der Waals surface area contributed by atoms with E-state index in [0.717, 1.165) is 24.2 Å². The van der Waals surface area contributed by atoms with Crippen molar-refractivity contribution in [3.05, 3.63) is 35.9 Å². The second-order valence-corrected chi connectivity index (χ2v) is 5.70. The summed E-state index contributed by atoms with van der Waals surface area (Å²) in [6.45, 7) is 2.09. The van der Waals surface area contributed by atoms with Crippen molar-refractivity contribution >= 4 is 23.6 Å².